The molecule has 24 heavy (non-hydrogen) atoms. The Bertz CT molecular complexity index is 764. The lowest BCUT2D eigenvalue weighted by Gasteiger charge is -2.23. The molecule has 1 saturated heterocycles. The quantitative estimate of drug-likeness (QED) is 0.757. The van der Waals surface area contributed by atoms with E-state index in [4.69, 9.17) is 21.1 Å². The maximum atomic E-state index is 13.0. The summed E-state index contributed by atoms with van der Waals surface area (Å²) in [6, 6.07) is 2.23. The fourth-order valence-electron chi connectivity index (χ4n) is 3.25. The van der Waals surface area contributed by atoms with Gasteiger partial charge in [-0.05, 0) is 38.8 Å². The Hall–Kier alpha value is -1.31. The second-order valence-corrected chi connectivity index (χ2v) is 8.35. The maximum Gasteiger partial charge on any atom is 0.324 e. The zero-order valence-electron chi connectivity index (χ0n) is 13.6. The van der Waals surface area contributed by atoms with Gasteiger partial charge in [0.05, 0.1) is 16.5 Å². The molecular weight excluding hydrogens is 354 g/mol. The van der Waals surface area contributed by atoms with E-state index in [9.17, 15) is 13.2 Å². The first-order chi connectivity index (χ1) is 11.3. The average molecular weight is 374 g/mol. The Morgan fingerprint density at radius 3 is 2.92 bits per heavy atom. The number of fused-ring (bicyclic) bond motifs is 1. The van der Waals surface area contributed by atoms with Crippen LogP contribution in [0.1, 0.15) is 32.3 Å². The van der Waals surface area contributed by atoms with Crippen LogP contribution in [0.25, 0.3) is 0 Å². The molecule has 0 radical (unpaired) electrons. The van der Waals surface area contributed by atoms with Gasteiger partial charge in [-0.25, -0.2) is 8.42 Å². The largest absolute Gasteiger partial charge is 0.489 e. The van der Waals surface area contributed by atoms with E-state index in [2.05, 4.69) is 0 Å². The lowest BCUT2D eigenvalue weighted by molar-refractivity contribution is -0.146. The third-order valence-electron chi connectivity index (χ3n) is 4.29. The highest BCUT2D eigenvalue weighted by Gasteiger charge is 2.41. The third-order valence-corrected chi connectivity index (χ3v) is 6.46. The van der Waals surface area contributed by atoms with Gasteiger partial charge in [0.15, 0.2) is 0 Å². The number of carbonyl (C=O) groups is 1. The standard InChI is InChI=1S/C16H20ClNO5S/c1-3-22-16(19)14-5-4-6-18(14)24(20,21)12-8-11-7-10(2)23-15(11)13(17)9-12/h8-10,14H,3-7H2,1-2H3/t10-,14-/m1/s1. The summed E-state index contributed by atoms with van der Waals surface area (Å²) in [5, 5.41) is 0.280. The van der Waals surface area contributed by atoms with Gasteiger partial charge in [-0.15, -0.1) is 0 Å². The molecule has 1 aromatic rings. The topological polar surface area (TPSA) is 72.9 Å². The smallest absolute Gasteiger partial charge is 0.324 e. The molecule has 3 rings (SSSR count). The molecule has 0 spiro atoms. The number of benzene rings is 1. The van der Waals surface area contributed by atoms with E-state index in [-0.39, 0.29) is 22.6 Å². The minimum atomic E-state index is -3.82. The SMILES string of the molecule is CCOC(=O)[C@H]1CCCN1S(=O)(=O)c1cc(Cl)c2c(c1)C[C@@H](C)O2. The number of hydrogen-bond donors (Lipinski definition) is 0. The highest BCUT2D eigenvalue weighted by atomic mass is 35.5. The lowest BCUT2D eigenvalue weighted by Crippen LogP contribution is -2.41. The van der Waals surface area contributed by atoms with E-state index in [0.717, 1.165) is 5.56 Å². The van der Waals surface area contributed by atoms with Crippen LogP contribution in [0.5, 0.6) is 5.75 Å². The van der Waals surface area contributed by atoms with Gasteiger partial charge < -0.3 is 9.47 Å². The third kappa shape index (κ3) is 3.00. The predicted molar refractivity (Wildman–Crippen MR) is 88.8 cm³/mol. The Morgan fingerprint density at radius 1 is 1.46 bits per heavy atom. The summed E-state index contributed by atoms with van der Waals surface area (Å²) >= 11 is 6.20. The van der Waals surface area contributed by atoms with Gasteiger partial charge in [0, 0.05) is 18.5 Å². The van der Waals surface area contributed by atoms with Crippen LogP contribution in [-0.4, -0.2) is 44.0 Å². The monoisotopic (exact) mass is 373 g/mol. The molecule has 0 amide bonds. The van der Waals surface area contributed by atoms with Crippen LogP contribution in [0.4, 0.5) is 0 Å². The van der Waals surface area contributed by atoms with Crippen LogP contribution < -0.4 is 4.74 Å². The molecule has 6 nitrogen and oxygen atoms in total. The molecule has 2 aliphatic heterocycles. The lowest BCUT2D eigenvalue weighted by atomic mass is 10.1. The highest BCUT2D eigenvalue weighted by molar-refractivity contribution is 7.89. The van der Waals surface area contributed by atoms with E-state index in [1.165, 1.54) is 10.4 Å². The van der Waals surface area contributed by atoms with Crippen LogP contribution in [0.3, 0.4) is 0 Å². The number of sulfonamides is 1. The molecule has 2 atom stereocenters. The van der Waals surface area contributed by atoms with Gasteiger partial charge in [0.1, 0.15) is 17.9 Å². The summed E-state index contributed by atoms with van der Waals surface area (Å²) in [5.41, 5.74) is 0.778. The first kappa shape index (κ1) is 17.5. The molecule has 0 aromatic heterocycles. The number of nitrogens with zero attached hydrogens (tertiary/aromatic N) is 1. The van der Waals surface area contributed by atoms with Crippen LogP contribution in [0, 0.1) is 0 Å². The van der Waals surface area contributed by atoms with Crippen molar-refractivity contribution in [3.8, 4) is 5.75 Å². The summed E-state index contributed by atoms with van der Waals surface area (Å²) in [5.74, 6) is 0.0502. The summed E-state index contributed by atoms with van der Waals surface area (Å²) in [4.78, 5) is 12.2. The molecule has 1 aromatic carbocycles. The van der Waals surface area contributed by atoms with Gasteiger partial charge >= 0.3 is 5.97 Å². The first-order valence-electron chi connectivity index (χ1n) is 8.02. The Balaban J connectivity index is 1.95. The minimum Gasteiger partial charge on any atom is -0.489 e. The van der Waals surface area contributed by atoms with Crippen molar-refractivity contribution in [1.82, 2.24) is 4.31 Å². The highest BCUT2D eigenvalue weighted by Crippen LogP contribution is 2.39. The number of carbonyl (C=O) groups excluding carboxylic acids is 1. The van der Waals surface area contributed by atoms with Crippen molar-refractivity contribution < 1.29 is 22.7 Å². The Labute approximate surface area is 146 Å². The van der Waals surface area contributed by atoms with Gasteiger partial charge in [-0.1, -0.05) is 11.6 Å². The fourth-order valence-corrected chi connectivity index (χ4v) is 5.32. The summed E-state index contributed by atoms with van der Waals surface area (Å²) < 4.78 is 37.9. The van der Waals surface area contributed by atoms with Gasteiger partial charge in [-0.2, -0.15) is 4.31 Å². The van der Waals surface area contributed by atoms with Crippen molar-refractivity contribution in [3.63, 3.8) is 0 Å². The maximum absolute atomic E-state index is 13.0. The summed E-state index contributed by atoms with van der Waals surface area (Å²) in [6.45, 7) is 4.13. The van der Waals surface area contributed by atoms with Crippen LogP contribution in [0.15, 0.2) is 17.0 Å². The van der Waals surface area contributed by atoms with E-state index in [0.29, 0.717) is 31.6 Å². The van der Waals surface area contributed by atoms with Crippen LogP contribution in [0.2, 0.25) is 5.02 Å². The molecular formula is C16H20ClNO5S. The molecule has 2 aliphatic rings. The Kier molecular flexibility index (Phi) is 4.77. The molecule has 0 unspecified atom stereocenters. The molecule has 1 fully saturated rings. The zero-order chi connectivity index (χ0) is 17.5. The number of rotatable bonds is 4. The van der Waals surface area contributed by atoms with Crippen LogP contribution >= 0.6 is 11.6 Å². The molecule has 8 heteroatoms. The number of esters is 1. The van der Waals surface area contributed by atoms with Gasteiger partial charge in [-0.3, -0.25) is 4.79 Å². The van der Waals surface area contributed by atoms with Crippen molar-refractivity contribution in [2.45, 2.75) is 50.2 Å². The molecule has 0 aliphatic carbocycles. The van der Waals surface area contributed by atoms with Crippen LogP contribution in [-0.2, 0) is 26.0 Å². The second-order valence-electron chi connectivity index (χ2n) is 6.05. The molecule has 0 saturated carbocycles. The molecule has 0 N–H and O–H groups in total. The van der Waals surface area contributed by atoms with Crippen molar-refractivity contribution in [1.29, 1.82) is 0 Å². The second kappa shape index (κ2) is 6.54. The van der Waals surface area contributed by atoms with E-state index in [1.807, 2.05) is 6.92 Å². The van der Waals surface area contributed by atoms with E-state index < -0.39 is 22.0 Å². The number of halogens is 1. The summed E-state index contributed by atoms with van der Waals surface area (Å²) in [7, 11) is -3.82. The van der Waals surface area contributed by atoms with Gasteiger partial charge in [0.2, 0.25) is 10.0 Å². The minimum absolute atomic E-state index is 0.0329. The van der Waals surface area contributed by atoms with Gasteiger partial charge in [0.25, 0.3) is 0 Å². The normalized spacial score (nSPS) is 23.8. The van der Waals surface area contributed by atoms with E-state index >= 15 is 0 Å². The fraction of sp³-hybridized carbons (Fsp3) is 0.562. The molecule has 0 bridgehead atoms. The molecule has 132 valence electrons. The van der Waals surface area contributed by atoms with Crippen molar-refractivity contribution in [3.05, 3.63) is 22.7 Å². The van der Waals surface area contributed by atoms with E-state index in [1.54, 1.807) is 13.0 Å². The Morgan fingerprint density at radius 2 is 2.21 bits per heavy atom. The predicted octanol–water partition coefficient (Wildman–Crippen LogP) is 2.38. The summed E-state index contributed by atoms with van der Waals surface area (Å²) in [6.07, 6.45) is 1.67. The first-order valence-corrected chi connectivity index (χ1v) is 9.84. The zero-order valence-corrected chi connectivity index (χ0v) is 15.2. The van der Waals surface area contributed by atoms with Crippen molar-refractivity contribution >= 4 is 27.6 Å². The molecule has 2 heterocycles. The number of hydrogen-bond acceptors (Lipinski definition) is 5. The number of ether oxygens (including phenoxy) is 2. The van der Waals surface area contributed by atoms with Crippen molar-refractivity contribution in [2.75, 3.05) is 13.2 Å². The average Bonchev–Trinajstić information content (AvgIpc) is 3.13. The van der Waals surface area contributed by atoms with Crippen molar-refractivity contribution in [2.24, 2.45) is 0 Å².